The second-order valence-electron chi connectivity index (χ2n) is 8.54. The van der Waals surface area contributed by atoms with E-state index in [1.165, 1.54) is 0 Å². The molecule has 0 N–H and O–H groups in total. The molecular formula is C23H32N4O2. The van der Waals surface area contributed by atoms with Gasteiger partial charge in [0, 0.05) is 37.0 Å². The van der Waals surface area contributed by atoms with Crippen LogP contribution in [0.3, 0.4) is 0 Å². The zero-order valence-corrected chi connectivity index (χ0v) is 17.9. The monoisotopic (exact) mass is 396 g/mol. The van der Waals surface area contributed by atoms with E-state index in [4.69, 9.17) is 9.51 Å². The first-order valence-electron chi connectivity index (χ1n) is 11.0. The molecule has 2 aliphatic heterocycles. The van der Waals surface area contributed by atoms with Gasteiger partial charge in [0.15, 0.2) is 0 Å². The van der Waals surface area contributed by atoms with Crippen LogP contribution < -0.4 is 0 Å². The Bertz CT molecular complexity index is 846. The molecule has 156 valence electrons. The van der Waals surface area contributed by atoms with Crippen LogP contribution in [0, 0.1) is 12.8 Å². The van der Waals surface area contributed by atoms with Crippen LogP contribution in [0.1, 0.15) is 55.7 Å². The maximum Gasteiger partial charge on any atom is 0.225 e. The summed E-state index contributed by atoms with van der Waals surface area (Å²) in [5.41, 5.74) is 3.99. The molecule has 2 saturated heterocycles. The predicted octanol–water partition coefficient (Wildman–Crippen LogP) is 3.66. The molecule has 0 aliphatic carbocycles. The molecule has 0 aromatic carbocycles. The number of likely N-dealkylation sites (tertiary alicyclic amines) is 2. The molecule has 0 unspecified atom stereocenters. The highest BCUT2D eigenvalue weighted by Gasteiger charge is 2.31. The SMILES string of the molecule is CCc1onc(C)c1-c1cccc(C2CCN(C(=O)C3CCN(C)CC3)CC2)n1. The number of aromatic nitrogens is 2. The average Bonchev–Trinajstić information content (AvgIpc) is 3.14. The number of rotatable bonds is 4. The molecule has 0 radical (unpaired) electrons. The molecule has 0 atom stereocenters. The third-order valence-electron chi connectivity index (χ3n) is 6.57. The standard InChI is InChI=1S/C23H32N4O2/c1-4-21-22(16(2)25-29-21)20-7-5-6-19(24-20)17-10-14-27(15-11-17)23(28)18-8-12-26(3)13-9-18/h5-7,17-18H,4,8-15H2,1-3H3. The van der Waals surface area contributed by atoms with E-state index in [-0.39, 0.29) is 5.92 Å². The van der Waals surface area contributed by atoms with Gasteiger partial charge in [-0.15, -0.1) is 0 Å². The van der Waals surface area contributed by atoms with Crippen molar-refractivity contribution in [2.75, 3.05) is 33.2 Å². The molecule has 0 saturated carbocycles. The first-order chi connectivity index (χ1) is 14.1. The molecule has 4 rings (SSSR count). The minimum absolute atomic E-state index is 0.216. The van der Waals surface area contributed by atoms with E-state index in [1.54, 1.807) is 0 Å². The Balaban J connectivity index is 1.41. The lowest BCUT2D eigenvalue weighted by Gasteiger charge is -2.36. The van der Waals surface area contributed by atoms with Crippen molar-refractivity contribution in [3.63, 3.8) is 0 Å². The topological polar surface area (TPSA) is 62.5 Å². The highest BCUT2D eigenvalue weighted by Crippen LogP contribution is 2.32. The number of piperidine rings is 2. The van der Waals surface area contributed by atoms with Crippen molar-refractivity contribution in [2.45, 2.75) is 51.9 Å². The van der Waals surface area contributed by atoms with Crippen LogP contribution in [0.4, 0.5) is 0 Å². The molecule has 6 heteroatoms. The van der Waals surface area contributed by atoms with E-state index in [0.717, 1.165) is 86.7 Å². The number of hydrogen-bond acceptors (Lipinski definition) is 5. The fourth-order valence-electron chi connectivity index (χ4n) is 4.71. The molecule has 4 heterocycles. The number of aryl methyl sites for hydroxylation is 2. The minimum atomic E-state index is 0.216. The van der Waals surface area contributed by atoms with Crippen molar-refractivity contribution < 1.29 is 9.32 Å². The fourth-order valence-corrected chi connectivity index (χ4v) is 4.71. The first kappa shape index (κ1) is 20.1. The van der Waals surface area contributed by atoms with E-state index < -0.39 is 0 Å². The molecular weight excluding hydrogens is 364 g/mol. The zero-order valence-electron chi connectivity index (χ0n) is 17.9. The van der Waals surface area contributed by atoms with E-state index in [0.29, 0.717) is 11.8 Å². The van der Waals surface area contributed by atoms with Crippen LogP contribution in [0.25, 0.3) is 11.3 Å². The summed E-state index contributed by atoms with van der Waals surface area (Å²) in [5, 5.41) is 4.12. The van der Waals surface area contributed by atoms with E-state index in [2.05, 4.69) is 41.1 Å². The Kier molecular flexibility index (Phi) is 5.99. The van der Waals surface area contributed by atoms with Crippen molar-refractivity contribution in [3.05, 3.63) is 35.3 Å². The van der Waals surface area contributed by atoms with Gasteiger partial charge in [-0.25, -0.2) is 0 Å². The van der Waals surface area contributed by atoms with Gasteiger partial charge >= 0.3 is 0 Å². The number of carbonyl (C=O) groups excluding carboxylic acids is 1. The second-order valence-corrected chi connectivity index (χ2v) is 8.54. The summed E-state index contributed by atoms with van der Waals surface area (Å²) in [5.74, 6) is 1.88. The molecule has 29 heavy (non-hydrogen) atoms. The fraction of sp³-hybridized carbons (Fsp3) is 0.609. The molecule has 2 aliphatic rings. The van der Waals surface area contributed by atoms with Gasteiger partial charge in [0.2, 0.25) is 5.91 Å². The van der Waals surface area contributed by atoms with Crippen LogP contribution in [-0.2, 0) is 11.2 Å². The maximum atomic E-state index is 12.9. The summed E-state index contributed by atoms with van der Waals surface area (Å²) in [6, 6.07) is 6.25. The van der Waals surface area contributed by atoms with Crippen LogP contribution in [0.2, 0.25) is 0 Å². The van der Waals surface area contributed by atoms with E-state index >= 15 is 0 Å². The van der Waals surface area contributed by atoms with Crippen molar-refractivity contribution in [1.29, 1.82) is 0 Å². The van der Waals surface area contributed by atoms with Gasteiger partial charge in [0.05, 0.1) is 17.0 Å². The number of carbonyl (C=O) groups is 1. The Hall–Kier alpha value is -2.21. The number of amides is 1. The normalized spacial score (nSPS) is 19.6. The van der Waals surface area contributed by atoms with Gasteiger partial charge in [-0.2, -0.15) is 0 Å². The largest absolute Gasteiger partial charge is 0.360 e. The van der Waals surface area contributed by atoms with Gasteiger partial charge in [0.25, 0.3) is 0 Å². The number of nitrogens with zero attached hydrogens (tertiary/aromatic N) is 4. The van der Waals surface area contributed by atoms with Gasteiger partial charge in [0.1, 0.15) is 5.76 Å². The lowest BCUT2D eigenvalue weighted by Crippen LogP contribution is -2.44. The van der Waals surface area contributed by atoms with E-state index in [1.807, 2.05) is 13.0 Å². The Morgan fingerprint density at radius 2 is 1.86 bits per heavy atom. The quantitative estimate of drug-likeness (QED) is 0.789. The average molecular weight is 397 g/mol. The van der Waals surface area contributed by atoms with Crippen molar-refractivity contribution in [1.82, 2.24) is 19.9 Å². The molecule has 6 nitrogen and oxygen atoms in total. The first-order valence-corrected chi connectivity index (χ1v) is 11.0. The Morgan fingerprint density at radius 3 is 2.55 bits per heavy atom. The molecule has 2 fully saturated rings. The molecule has 0 spiro atoms. The van der Waals surface area contributed by atoms with Crippen LogP contribution in [0.5, 0.6) is 0 Å². The van der Waals surface area contributed by atoms with Crippen molar-refractivity contribution in [3.8, 4) is 11.3 Å². The van der Waals surface area contributed by atoms with Gasteiger partial charge < -0.3 is 14.3 Å². The number of pyridine rings is 1. The van der Waals surface area contributed by atoms with Gasteiger partial charge in [-0.05, 0) is 64.9 Å². The summed E-state index contributed by atoms with van der Waals surface area (Å²) in [6.45, 7) is 7.80. The van der Waals surface area contributed by atoms with E-state index in [9.17, 15) is 4.79 Å². The molecule has 2 aromatic heterocycles. The minimum Gasteiger partial charge on any atom is -0.360 e. The van der Waals surface area contributed by atoms with Crippen LogP contribution in [0.15, 0.2) is 22.7 Å². The maximum absolute atomic E-state index is 12.9. The lowest BCUT2D eigenvalue weighted by atomic mass is 9.90. The Labute approximate surface area is 173 Å². The van der Waals surface area contributed by atoms with Crippen molar-refractivity contribution >= 4 is 5.91 Å². The second kappa shape index (κ2) is 8.66. The summed E-state index contributed by atoms with van der Waals surface area (Å²) in [7, 11) is 2.14. The smallest absolute Gasteiger partial charge is 0.225 e. The lowest BCUT2D eigenvalue weighted by molar-refractivity contribution is -0.138. The highest BCUT2D eigenvalue weighted by molar-refractivity contribution is 5.79. The molecule has 1 amide bonds. The summed E-state index contributed by atoms with van der Waals surface area (Å²) in [4.78, 5) is 22.3. The molecule has 2 aromatic rings. The number of hydrogen-bond donors (Lipinski definition) is 0. The van der Waals surface area contributed by atoms with Crippen LogP contribution in [-0.4, -0.2) is 59.1 Å². The van der Waals surface area contributed by atoms with Crippen molar-refractivity contribution in [2.24, 2.45) is 5.92 Å². The van der Waals surface area contributed by atoms with Crippen LogP contribution >= 0.6 is 0 Å². The highest BCUT2D eigenvalue weighted by atomic mass is 16.5. The predicted molar refractivity (Wildman–Crippen MR) is 113 cm³/mol. The summed E-state index contributed by atoms with van der Waals surface area (Å²) < 4.78 is 5.45. The third-order valence-corrected chi connectivity index (χ3v) is 6.57. The van der Waals surface area contributed by atoms with Gasteiger partial charge in [-0.1, -0.05) is 18.1 Å². The summed E-state index contributed by atoms with van der Waals surface area (Å²) >= 11 is 0. The molecule has 0 bridgehead atoms. The zero-order chi connectivity index (χ0) is 20.4. The third kappa shape index (κ3) is 4.22. The van der Waals surface area contributed by atoms with Gasteiger partial charge in [-0.3, -0.25) is 9.78 Å². The Morgan fingerprint density at radius 1 is 1.14 bits per heavy atom. The summed E-state index contributed by atoms with van der Waals surface area (Å²) in [6.07, 6.45) is 4.77.